The van der Waals surface area contributed by atoms with Crippen LogP contribution in [0.3, 0.4) is 0 Å². The van der Waals surface area contributed by atoms with E-state index in [1.165, 1.54) is 6.07 Å². The van der Waals surface area contributed by atoms with Crippen molar-refractivity contribution >= 4 is 11.4 Å². The van der Waals surface area contributed by atoms with Crippen molar-refractivity contribution in [2.45, 2.75) is 18.9 Å². The van der Waals surface area contributed by atoms with E-state index in [9.17, 15) is 4.39 Å². The lowest BCUT2D eigenvalue weighted by Crippen LogP contribution is -2.36. The van der Waals surface area contributed by atoms with Crippen LogP contribution in [0.25, 0.3) is 0 Å². The van der Waals surface area contributed by atoms with E-state index in [1.807, 2.05) is 6.07 Å². The predicted octanol–water partition coefficient (Wildman–Crippen LogP) is 1.91. The lowest BCUT2D eigenvalue weighted by molar-refractivity contribution is 0.264. The van der Waals surface area contributed by atoms with Gasteiger partial charge in [-0.1, -0.05) is 0 Å². The Labute approximate surface area is 95.4 Å². The molecule has 1 aliphatic rings. The van der Waals surface area contributed by atoms with Gasteiger partial charge in [0.2, 0.25) is 0 Å². The molecule has 0 bridgehead atoms. The van der Waals surface area contributed by atoms with E-state index < -0.39 is 0 Å². The molecule has 1 heterocycles. The van der Waals surface area contributed by atoms with Gasteiger partial charge in [0.1, 0.15) is 5.82 Å². The molecule has 0 spiro atoms. The second-order valence-electron chi connectivity index (χ2n) is 4.46. The molecule has 1 aromatic carbocycles. The average molecular weight is 223 g/mol. The summed E-state index contributed by atoms with van der Waals surface area (Å²) in [6.07, 6.45) is 2.20. The number of likely N-dealkylation sites (tertiary alicyclic amines) is 1. The molecule has 16 heavy (non-hydrogen) atoms. The van der Waals surface area contributed by atoms with Crippen LogP contribution in [-0.4, -0.2) is 31.1 Å². The number of halogens is 1. The Hall–Kier alpha value is -1.29. The van der Waals surface area contributed by atoms with Crippen LogP contribution in [0.4, 0.5) is 15.8 Å². The van der Waals surface area contributed by atoms with E-state index in [4.69, 9.17) is 5.73 Å². The first-order valence-corrected chi connectivity index (χ1v) is 5.65. The van der Waals surface area contributed by atoms with Crippen molar-refractivity contribution in [2.75, 3.05) is 31.2 Å². The largest absolute Gasteiger partial charge is 0.396 e. The van der Waals surface area contributed by atoms with Crippen LogP contribution < -0.4 is 11.1 Å². The Morgan fingerprint density at radius 2 is 2.06 bits per heavy atom. The number of benzene rings is 1. The van der Waals surface area contributed by atoms with Gasteiger partial charge < -0.3 is 16.0 Å². The van der Waals surface area contributed by atoms with Gasteiger partial charge in [-0.3, -0.25) is 0 Å². The zero-order valence-corrected chi connectivity index (χ0v) is 9.54. The summed E-state index contributed by atoms with van der Waals surface area (Å²) in [6.45, 7) is 2.18. The molecule has 1 saturated heterocycles. The van der Waals surface area contributed by atoms with Gasteiger partial charge in [-0.15, -0.1) is 0 Å². The smallest absolute Gasteiger partial charge is 0.148 e. The Kier molecular flexibility index (Phi) is 3.29. The van der Waals surface area contributed by atoms with E-state index >= 15 is 0 Å². The predicted molar refractivity (Wildman–Crippen MR) is 65.0 cm³/mol. The van der Waals surface area contributed by atoms with Gasteiger partial charge in [-0.05, 0) is 51.2 Å². The minimum atomic E-state index is -0.349. The molecule has 1 aliphatic heterocycles. The fourth-order valence-electron chi connectivity index (χ4n) is 2.01. The molecule has 0 saturated carbocycles. The van der Waals surface area contributed by atoms with Gasteiger partial charge >= 0.3 is 0 Å². The molecule has 4 heteroatoms. The van der Waals surface area contributed by atoms with Crippen LogP contribution in [-0.2, 0) is 0 Å². The molecule has 0 atom stereocenters. The number of nitrogens with two attached hydrogens (primary N) is 1. The maximum atomic E-state index is 13.2. The van der Waals surface area contributed by atoms with Crippen molar-refractivity contribution in [3.8, 4) is 0 Å². The topological polar surface area (TPSA) is 41.3 Å². The van der Waals surface area contributed by atoms with Crippen LogP contribution in [0, 0.1) is 5.82 Å². The fraction of sp³-hybridized carbons (Fsp3) is 0.500. The number of hydrogen-bond acceptors (Lipinski definition) is 3. The molecule has 1 fully saturated rings. The molecule has 0 amide bonds. The van der Waals surface area contributed by atoms with Crippen molar-refractivity contribution in [3.05, 3.63) is 24.0 Å². The number of nitrogen functional groups attached to an aromatic ring is 1. The first kappa shape index (κ1) is 11.2. The Bertz CT molecular complexity index is 359. The normalized spacial score (nSPS) is 18.6. The minimum Gasteiger partial charge on any atom is -0.396 e. The van der Waals surface area contributed by atoms with E-state index in [-0.39, 0.29) is 11.5 Å². The molecule has 0 unspecified atom stereocenters. The highest BCUT2D eigenvalue weighted by molar-refractivity contribution is 5.52. The van der Waals surface area contributed by atoms with Gasteiger partial charge in [0.15, 0.2) is 0 Å². The molecule has 88 valence electrons. The lowest BCUT2D eigenvalue weighted by Gasteiger charge is -2.30. The number of nitrogens with zero attached hydrogens (tertiary/aromatic N) is 1. The monoisotopic (exact) mass is 223 g/mol. The number of rotatable bonds is 2. The van der Waals surface area contributed by atoms with Gasteiger partial charge in [0.25, 0.3) is 0 Å². The van der Waals surface area contributed by atoms with Crippen LogP contribution in [0.1, 0.15) is 12.8 Å². The van der Waals surface area contributed by atoms with E-state index in [1.54, 1.807) is 6.07 Å². The van der Waals surface area contributed by atoms with Gasteiger partial charge in [-0.25, -0.2) is 4.39 Å². The van der Waals surface area contributed by atoms with Crippen LogP contribution >= 0.6 is 0 Å². The van der Waals surface area contributed by atoms with E-state index in [2.05, 4.69) is 17.3 Å². The summed E-state index contributed by atoms with van der Waals surface area (Å²) < 4.78 is 13.2. The quantitative estimate of drug-likeness (QED) is 0.753. The molecule has 0 aliphatic carbocycles. The minimum absolute atomic E-state index is 0.203. The summed E-state index contributed by atoms with van der Waals surface area (Å²) in [5, 5.41) is 3.35. The van der Waals surface area contributed by atoms with Crippen LogP contribution in [0.2, 0.25) is 0 Å². The summed E-state index contributed by atoms with van der Waals surface area (Å²) in [5.74, 6) is -0.349. The summed E-state index contributed by atoms with van der Waals surface area (Å²) in [6, 6.07) is 5.34. The van der Waals surface area contributed by atoms with E-state index in [0.29, 0.717) is 6.04 Å². The molecule has 2 rings (SSSR count). The fourth-order valence-corrected chi connectivity index (χ4v) is 2.01. The summed E-state index contributed by atoms with van der Waals surface area (Å²) in [4.78, 5) is 2.31. The first-order chi connectivity index (χ1) is 7.65. The highest BCUT2D eigenvalue weighted by Gasteiger charge is 2.16. The Balaban J connectivity index is 1.96. The van der Waals surface area contributed by atoms with Crippen molar-refractivity contribution in [1.82, 2.24) is 4.90 Å². The SMILES string of the molecule is CN1CCC(Nc2ccc(N)c(F)c2)CC1. The van der Waals surface area contributed by atoms with Crippen molar-refractivity contribution in [2.24, 2.45) is 0 Å². The van der Waals surface area contributed by atoms with Crippen molar-refractivity contribution < 1.29 is 4.39 Å². The molecular weight excluding hydrogens is 205 g/mol. The van der Waals surface area contributed by atoms with Crippen molar-refractivity contribution in [1.29, 1.82) is 0 Å². The van der Waals surface area contributed by atoms with Gasteiger partial charge in [0.05, 0.1) is 5.69 Å². The maximum absolute atomic E-state index is 13.2. The number of nitrogens with one attached hydrogen (secondary N) is 1. The van der Waals surface area contributed by atoms with Crippen LogP contribution in [0.15, 0.2) is 18.2 Å². The Morgan fingerprint density at radius 1 is 1.38 bits per heavy atom. The average Bonchev–Trinajstić information content (AvgIpc) is 2.27. The van der Waals surface area contributed by atoms with Gasteiger partial charge in [0, 0.05) is 11.7 Å². The number of anilines is 2. The van der Waals surface area contributed by atoms with Crippen LogP contribution in [0.5, 0.6) is 0 Å². The van der Waals surface area contributed by atoms with Crippen molar-refractivity contribution in [3.63, 3.8) is 0 Å². The lowest BCUT2D eigenvalue weighted by atomic mass is 10.1. The molecular formula is C12H18FN3. The van der Waals surface area contributed by atoms with E-state index in [0.717, 1.165) is 31.6 Å². The van der Waals surface area contributed by atoms with Gasteiger partial charge in [-0.2, -0.15) is 0 Å². The second-order valence-corrected chi connectivity index (χ2v) is 4.46. The Morgan fingerprint density at radius 3 is 2.69 bits per heavy atom. The third-order valence-corrected chi connectivity index (χ3v) is 3.09. The number of hydrogen-bond donors (Lipinski definition) is 2. The zero-order chi connectivity index (χ0) is 11.5. The summed E-state index contributed by atoms with van der Waals surface area (Å²) in [5.41, 5.74) is 6.45. The zero-order valence-electron chi connectivity index (χ0n) is 9.54. The molecule has 0 radical (unpaired) electrons. The first-order valence-electron chi connectivity index (χ1n) is 5.65. The highest BCUT2D eigenvalue weighted by atomic mass is 19.1. The third-order valence-electron chi connectivity index (χ3n) is 3.09. The molecule has 3 nitrogen and oxygen atoms in total. The summed E-state index contributed by atoms with van der Waals surface area (Å²) in [7, 11) is 2.12. The number of piperidine rings is 1. The summed E-state index contributed by atoms with van der Waals surface area (Å²) >= 11 is 0. The maximum Gasteiger partial charge on any atom is 0.148 e. The second kappa shape index (κ2) is 4.70. The molecule has 1 aromatic rings. The highest BCUT2D eigenvalue weighted by Crippen LogP contribution is 2.19. The third kappa shape index (κ3) is 2.64. The standard InChI is InChI=1S/C12H18FN3/c1-16-6-4-9(5-7-16)15-10-2-3-12(14)11(13)8-10/h2-3,8-9,15H,4-7,14H2,1H3. The molecule has 3 N–H and O–H groups in total. The molecule has 0 aromatic heterocycles.